The molecular formula is C18H14N2O3. The fourth-order valence-electron chi connectivity index (χ4n) is 2.45. The SMILES string of the molecule is Cc1c(C(=O)/C=C\c2ccccc2)[n+](=O)c2ccccc2n1[O-]. The molecule has 0 saturated carbocycles. The largest absolute Gasteiger partial charge is 0.805 e. The van der Waals surface area contributed by atoms with Gasteiger partial charge < -0.3 is 9.94 Å². The second kappa shape index (κ2) is 5.88. The van der Waals surface area contributed by atoms with Crippen LogP contribution in [0.4, 0.5) is 0 Å². The molecule has 5 heteroatoms. The smallest absolute Gasteiger partial charge is 0.329 e. The van der Waals surface area contributed by atoms with Gasteiger partial charge >= 0.3 is 5.69 Å². The van der Waals surface area contributed by atoms with Crippen LogP contribution in [0.2, 0.25) is 0 Å². The van der Waals surface area contributed by atoms with Crippen molar-refractivity contribution in [3.63, 3.8) is 0 Å². The van der Waals surface area contributed by atoms with Gasteiger partial charge in [0.15, 0.2) is 0 Å². The molecule has 2 aromatic carbocycles. The third-order valence-corrected chi connectivity index (χ3v) is 3.63. The number of benzene rings is 2. The first kappa shape index (κ1) is 14.7. The van der Waals surface area contributed by atoms with Crippen molar-refractivity contribution in [3.8, 4) is 0 Å². The van der Waals surface area contributed by atoms with E-state index in [2.05, 4.69) is 0 Å². The number of hydrogen-bond donors (Lipinski definition) is 0. The summed E-state index contributed by atoms with van der Waals surface area (Å²) < 4.78 is 1.14. The van der Waals surface area contributed by atoms with Crippen LogP contribution in [0, 0.1) is 17.0 Å². The molecule has 0 bridgehead atoms. The van der Waals surface area contributed by atoms with Gasteiger partial charge in [-0.15, -0.1) is 0 Å². The van der Waals surface area contributed by atoms with Gasteiger partial charge in [0.25, 0.3) is 11.3 Å². The average molecular weight is 306 g/mol. The Morgan fingerprint density at radius 3 is 2.48 bits per heavy atom. The van der Waals surface area contributed by atoms with Gasteiger partial charge in [-0.05, 0) is 24.6 Å². The van der Waals surface area contributed by atoms with Crippen molar-refractivity contribution >= 4 is 22.9 Å². The van der Waals surface area contributed by atoms with Crippen molar-refractivity contribution in [1.29, 1.82) is 0 Å². The summed E-state index contributed by atoms with van der Waals surface area (Å²) in [5.41, 5.74) is 1.17. The van der Waals surface area contributed by atoms with E-state index in [1.165, 1.54) is 19.1 Å². The lowest BCUT2D eigenvalue weighted by Gasteiger charge is -2.15. The molecule has 114 valence electrons. The van der Waals surface area contributed by atoms with Crippen LogP contribution in [0.1, 0.15) is 21.7 Å². The number of allylic oxidation sites excluding steroid dienone is 1. The number of carbonyl (C=O) groups is 1. The Balaban J connectivity index is 2.11. The standard InChI is InChI=1S/C18H14N2O3/c1-13-18(17(21)12-11-14-7-3-2-4-8-14)20(23)16-10-6-5-9-15(16)19(13)22/h2-12H,1H3/b12-11-. The highest BCUT2D eigenvalue weighted by Gasteiger charge is 2.24. The summed E-state index contributed by atoms with van der Waals surface area (Å²) >= 11 is 0. The van der Waals surface area contributed by atoms with Gasteiger partial charge in [-0.1, -0.05) is 48.5 Å². The van der Waals surface area contributed by atoms with Crippen molar-refractivity contribution in [2.45, 2.75) is 6.92 Å². The highest BCUT2D eigenvalue weighted by atomic mass is 16.5. The third kappa shape index (κ3) is 2.64. The molecule has 0 atom stereocenters. The molecule has 0 amide bonds. The first-order chi connectivity index (χ1) is 11.1. The molecule has 1 aromatic heterocycles. The number of fused-ring (bicyclic) bond motifs is 1. The van der Waals surface area contributed by atoms with Crippen LogP contribution in [-0.4, -0.2) is 10.5 Å². The van der Waals surface area contributed by atoms with Crippen molar-refractivity contribution in [1.82, 2.24) is 4.73 Å². The normalized spacial score (nSPS) is 11.2. The summed E-state index contributed by atoms with van der Waals surface area (Å²) in [7, 11) is 0. The molecule has 0 radical (unpaired) electrons. The van der Waals surface area contributed by atoms with E-state index < -0.39 is 5.78 Å². The Morgan fingerprint density at radius 2 is 1.74 bits per heavy atom. The fraction of sp³-hybridized carbons (Fsp3) is 0.0556. The lowest BCUT2D eigenvalue weighted by molar-refractivity contribution is -0.468. The van der Waals surface area contributed by atoms with Gasteiger partial charge in [0.05, 0.1) is 10.1 Å². The summed E-state index contributed by atoms with van der Waals surface area (Å²) in [5, 5.41) is 12.3. The minimum atomic E-state index is -0.503. The van der Waals surface area contributed by atoms with E-state index in [1.54, 1.807) is 24.3 Å². The van der Waals surface area contributed by atoms with E-state index in [9.17, 15) is 14.9 Å². The second-order valence-corrected chi connectivity index (χ2v) is 5.12. The first-order valence-corrected chi connectivity index (χ1v) is 7.11. The molecule has 0 N–H and O–H groups in total. The van der Waals surface area contributed by atoms with Gasteiger partial charge in [0, 0.05) is 11.0 Å². The number of ketones is 1. The van der Waals surface area contributed by atoms with Gasteiger partial charge in [-0.2, -0.15) is 0 Å². The maximum Gasteiger partial charge on any atom is 0.329 e. The summed E-state index contributed by atoms with van der Waals surface area (Å²) in [6, 6.07) is 15.7. The lowest BCUT2D eigenvalue weighted by atomic mass is 10.1. The van der Waals surface area contributed by atoms with Crippen LogP contribution in [0.3, 0.4) is 0 Å². The fourth-order valence-corrected chi connectivity index (χ4v) is 2.45. The zero-order valence-electron chi connectivity index (χ0n) is 12.5. The van der Waals surface area contributed by atoms with E-state index >= 15 is 0 Å². The van der Waals surface area contributed by atoms with Crippen molar-refractivity contribution in [2.75, 3.05) is 0 Å². The third-order valence-electron chi connectivity index (χ3n) is 3.63. The van der Waals surface area contributed by atoms with E-state index in [-0.39, 0.29) is 22.4 Å². The van der Waals surface area contributed by atoms with E-state index in [4.69, 9.17) is 0 Å². The summed E-state index contributed by atoms with van der Waals surface area (Å²) in [4.78, 5) is 24.9. The summed E-state index contributed by atoms with van der Waals surface area (Å²) in [6.07, 6.45) is 2.92. The molecule has 23 heavy (non-hydrogen) atoms. The van der Waals surface area contributed by atoms with Crippen molar-refractivity contribution in [3.05, 3.63) is 87.7 Å². The van der Waals surface area contributed by atoms with E-state index in [0.717, 1.165) is 5.56 Å². The predicted octanol–water partition coefficient (Wildman–Crippen LogP) is 3.11. The van der Waals surface area contributed by atoms with Crippen LogP contribution in [-0.2, 0) is 0 Å². The van der Waals surface area contributed by atoms with Crippen LogP contribution in [0.5, 0.6) is 0 Å². The monoisotopic (exact) mass is 306 g/mol. The number of para-hydroxylation sites is 2. The van der Waals surface area contributed by atoms with Crippen LogP contribution < -0.4 is 4.43 Å². The average Bonchev–Trinajstić information content (AvgIpc) is 2.59. The number of rotatable bonds is 3. The Hall–Kier alpha value is -3.21. The molecule has 0 aliphatic carbocycles. The zero-order valence-corrected chi connectivity index (χ0v) is 12.5. The summed E-state index contributed by atoms with van der Waals surface area (Å²) in [6.45, 7) is 1.47. The molecule has 0 aliphatic rings. The Labute approximate surface area is 132 Å². The van der Waals surface area contributed by atoms with Gasteiger partial charge in [0.2, 0.25) is 0 Å². The van der Waals surface area contributed by atoms with Crippen LogP contribution in [0.15, 0.2) is 60.7 Å². The maximum atomic E-state index is 12.5. The molecule has 5 nitrogen and oxygen atoms in total. The minimum absolute atomic E-state index is 0.0846. The van der Waals surface area contributed by atoms with Crippen LogP contribution >= 0.6 is 0 Å². The first-order valence-electron chi connectivity index (χ1n) is 7.11. The molecule has 0 unspecified atom stereocenters. The highest BCUT2D eigenvalue weighted by molar-refractivity contribution is 6.05. The lowest BCUT2D eigenvalue weighted by Crippen LogP contribution is -2.29. The van der Waals surface area contributed by atoms with Gasteiger partial charge in [-0.3, -0.25) is 4.79 Å². The number of hydrogen-bond acceptors (Lipinski definition) is 3. The predicted molar refractivity (Wildman–Crippen MR) is 88.6 cm³/mol. The topological polar surface area (TPSA) is 68.0 Å². The van der Waals surface area contributed by atoms with Crippen molar-refractivity contribution in [2.24, 2.45) is 0 Å². The molecule has 0 spiro atoms. The molecule has 3 aromatic rings. The van der Waals surface area contributed by atoms with E-state index in [1.807, 2.05) is 30.3 Å². The quantitative estimate of drug-likeness (QED) is 0.424. The molecule has 0 aliphatic heterocycles. The highest BCUT2D eigenvalue weighted by Crippen LogP contribution is 2.14. The van der Waals surface area contributed by atoms with Gasteiger partial charge in [-0.25, -0.2) is 0 Å². The second-order valence-electron chi connectivity index (χ2n) is 5.12. The maximum absolute atomic E-state index is 12.5. The minimum Gasteiger partial charge on any atom is -0.805 e. The number of aromatic nitrogens is 2. The Morgan fingerprint density at radius 1 is 1.09 bits per heavy atom. The van der Waals surface area contributed by atoms with Gasteiger partial charge in [0.1, 0.15) is 5.52 Å². The number of nitrogens with zero attached hydrogens (tertiary/aromatic N) is 2. The van der Waals surface area contributed by atoms with Crippen LogP contribution in [0.25, 0.3) is 17.1 Å². The molecular weight excluding hydrogens is 292 g/mol. The Kier molecular flexibility index (Phi) is 3.76. The summed E-state index contributed by atoms with van der Waals surface area (Å²) in [5.74, 6) is -0.503. The number of carbonyl (C=O) groups excluding carboxylic acids is 1. The molecule has 0 fully saturated rings. The Bertz CT molecular complexity index is 973. The zero-order chi connectivity index (χ0) is 16.4. The van der Waals surface area contributed by atoms with E-state index in [0.29, 0.717) is 9.16 Å². The molecule has 3 rings (SSSR count). The van der Waals surface area contributed by atoms with Crippen molar-refractivity contribution < 1.29 is 9.22 Å². The molecule has 0 saturated heterocycles. The molecule has 1 heterocycles.